The van der Waals surface area contributed by atoms with Gasteiger partial charge in [0, 0.05) is 11.1 Å². The SMILES string of the molecule is O=S(=O)(Cc1cccc(Cl)c1)NC1CCCC1. The summed E-state index contributed by atoms with van der Waals surface area (Å²) < 4.78 is 26.6. The molecule has 5 heteroatoms. The van der Waals surface area contributed by atoms with E-state index in [1.165, 1.54) is 0 Å². The highest BCUT2D eigenvalue weighted by Gasteiger charge is 2.21. The molecule has 1 aromatic rings. The average molecular weight is 274 g/mol. The summed E-state index contributed by atoms with van der Waals surface area (Å²) >= 11 is 5.83. The van der Waals surface area contributed by atoms with Gasteiger partial charge in [-0.15, -0.1) is 0 Å². The van der Waals surface area contributed by atoms with Crippen LogP contribution in [-0.2, 0) is 15.8 Å². The van der Waals surface area contributed by atoms with E-state index in [0.717, 1.165) is 31.2 Å². The minimum atomic E-state index is -3.24. The van der Waals surface area contributed by atoms with Crippen molar-refractivity contribution in [1.82, 2.24) is 4.72 Å². The normalized spacial score (nSPS) is 17.5. The first kappa shape index (κ1) is 12.9. The Morgan fingerprint density at radius 3 is 2.65 bits per heavy atom. The highest BCUT2D eigenvalue weighted by atomic mass is 35.5. The second-order valence-electron chi connectivity index (χ2n) is 4.49. The van der Waals surface area contributed by atoms with Gasteiger partial charge >= 0.3 is 0 Å². The largest absolute Gasteiger partial charge is 0.216 e. The van der Waals surface area contributed by atoms with E-state index in [1.807, 2.05) is 0 Å². The summed E-state index contributed by atoms with van der Waals surface area (Å²) in [6, 6.07) is 7.10. The van der Waals surface area contributed by atoms with Crippen molar-refractivity contribution < 1.29 is 8.42 Å². The second kappa shape index (κ2) is 5.38. The van der Waals surface area contributed by atoms with E-state index >= 15 is 0 Å². The Balaban J connectivity index is 2.01. The molecular weight excluding hydrogens is 258 g/mol. The second-order valence-corrected chi connectivity index (χ2v) is 6.68. The average Bonchev–Trinajstić information content (AvgIpc) is 2.68. The molecule has 0 atom stereocenters. The maximum absolute atomic E-state index is 11.9. The van der Waals surface area contributed by atoms with Gasteiger partial charge in [-0.2, -0.15) is 0 Å². The van der Waals surface area contributed by atoms with Gasteiger partial charge in [0.05, 0.1) is 5.75 Å². The first-order valence-corrected chi connectivity index (χ1v) is 7.83. The van der Waals surface area contributed by atoms with Crippen LogP contribution in [0.25, 0.3) is 0 Å². The Morgan fingerprint density at radius 1 is 1.29 bits per heavy atom. The third-order valence-electron chi connectivity index (χ3n) is 2.95. The van der Waals surface area contributed by atoms with Crippen LogP contribution >= 0.6 is 11.6 Å². The van der Waals surface area contributed by atoms with Gasteiger partial charge in [0.15, 0.2) is 0 Å². The Labute approximate surface area is 107 Å². The molecule has 1 aliphatic carbocycles. The number of benzene rings is 1. The number of hydrogen-bond acceptors (Lipinski definition) is 2. The van der Waals surface area contributed by atoms with Gasteiger partial charge in [-0.25, -0.2) is 13.1 Å². The van der Waals surface area contributed by atoms with Gasteiger partial charge in [0.2, 0.25) is 10.0 Å². The molecule has 0 saturated heterocycles. The van der Waals surface area contributed by atoms with Crippen molar-refractivity contribution in [1.29, 1.82) is 0 Å². The molecule has 0 aliphatic heterocycles. The van der Waals surface area contributed by atoms with Crippen LogP contribution in [0.5, 0.6) is 0 Å². The fraction of sp³-hybridized carbons (Fsp3) is 0.500. The summed E-state index contributed by atoms with van der Waals surface area (Å²) in [5.74, 6) is 0.00403. The standard InChI is InChI=1S/C12H16ClNO2S/c13-11-5-3-4-10(8-11)9-17(15,16)14-12-6-1-2-7-12/h3-5,8,12,14H,1-2,6-7,9H2. The van der Waals surface area contributed by atoms with Gasteiger partial charge in [-0.05, 0) is 30.5 Å². The summed E-state index contributed by atoms with van der Waals surface area (Å²) in [5, 5.41) is 0.568. The van der Waals surface area contributed by atoms with Crippen molar-refractivity contribution in [2.45, 2.75) is 37.5 Å². The van der Waals surface area contributed by atoms with E-state index < -0.39 is 10.0 Å². The third kappa shape index (κ3) is 3.98. The van der Waals surface area contributed by atoms with Gasteiger partial charge in [0.25, 0.3) is 0 Å². The Morgan fingerprint density at radius 2 is 2.00 bits per heavy atom. The van der Waals surface area contributed by atoms with Crippen molar-refractivity contribution in [3.63, 3.8) is 0 Å². The lowest BCUT2D eigenvalue weighted by Gasteiger charge is -2.12. The number of sulfonamides is 1. The summed E-state index contributed by atoms with van der Waals surface area (Å²) in [6.07, 6.45) is 4.14. The van der Waals surface area contributed by atoms with E-state index in [-0.39, 0.29) is 11.8 Å². The molecule has 1 saturated carbocycles. The van der Waals surface area contributed by atoms with E-state index in [1.54, 1.807) is 24.3 Å². The molecule has 1 N–H and O–H groups in total. The zero-order valence-electron chi connectivity index (χ0n) is 9.52. The number of hydrogen-bond donors (Lipinski definition) is 1. The van der Waals surface area contributed by atoms with E-state index in [0.29, 0.717) is 5.02 Å². The molecule has 1 fully saturated rings. The Hall–Kier alpha value is -0.580. The molecule has 0 radical (unpaired) electrons. The van der Waals surface area contributed by atoms with Crippen LogP contribution in [0.15, 0.2) is 24.3 Å². The highest BCUT2D eigenvalue weighted by molar-refractivity contribution is 7.88. The van der Waals surface area contributed by atoms with Crippen LogP contribution in [0.2, 0.25) is 5.02 Å². The molecule has 17 heavy (non-hydrogen) atoms. The molecule has 0 aromatic heterocycles. The summed E-state index contributed by atoms with van der Waals surface area (Å²) in [6.45, 7) is 0. The topological polar surface area (TPSA) is 46.2 Å². The lowest BCUT2D eigenvalue weighted by Crippen LogP contribution is -2.33. The van der Waals surface area contributed by atoms with Crippen molar-refractivity contribution in [2.75, 3.05) is 0 Å². The minimum absolute atomic E-state index is 0.00403. The maximum atomic E-state index is 11.9. The van der Waals surface area contributed by atoms with Gasteiger partial charge in [0.1, 0.15) is 0 Å². The Bertz CT molecular complexity index is 481. The molecule has 0 heterocycles. The molecule has 94 valence electrons. The van der Waals surface area contributed by atoms with Crippen LogP contribution in [0.4, 0.5) is 0 Å². The maximum Gasteiger partial charge on any atom is 0.216 e. The predicted octanol–water partition coefficient (Wildman–Crippen LogP) is 2.70. The van der Waals surface area contributed by atoms with Crippen molar-refractivity contribution in [2.24, 2.45) is 0 Å². The molecule has 0 unspecified atom stereocenters. The van der Waals surface area contributed by atoms with Crippen molar-refractivity contribution in [3.8, 4) is 0 Å². The monoisotopic (exact) mass is 273 g/mol. The molecule has 2 rings (SSSR count). The zero-order chi connectivity index (χ0) is 12.3. The molecule has 1 aliphatic rings. The molecule has 3 nitrogen and oxygen atoms in total. The zero-order valence-corrected chi connectivity index (χ0v) is 11.1. The van der Waals surface area contributed by atoms with Crippen LogP contribution in [0, 0.1) is 0 Å². The van der Waals surface area contributed by atoms with Crippen LogP contribution in [0.1, 0.15) is 31.2 Å². The van der Waals surface area contributed by atoms with E-state index in [2.05, 4.69) is 4.72 Å². The van der Waals surface area contributed by atoms with Gasteiger partial charge in [-0.1, -0.05) is 36.6 Å². The summed E-state index contributed by atoms with van der Waals surface area (Å²) in [7, 11) is -3.24. The number of nitrogens with one attached hydrogen (secondary N) is 1. The van der Waals surface area contributed by atoms with Crippen LogP contribution in [-0.4, -0.2) is 14.5 Å². The first-order chi connectivity index (χ1) is 8.05. The highest BCUT2D eigenvalue weighted by Crippen LogP contribution is 2.19. The van der Waals surface area contributed by atoms with E-state index in [4.69, 9.17) is 11.6 Å². The van der Waals surface area contributed by atoms with E-state index in [9.17, 15) is 8.42 Å². The number of rotatable bonds is 4. The lowest BCUT2D eigenvalue weighted by molar-refractivity contribution is 0.551. The quantitative estimate of drug-likeness (QED) is 0.917. The van der Waals surface area contributed by atoms with Gasteiger partial charge in [-0.3, -0.25) is 0 Å². The molecule has 0 amide bonds. The fourth-order valence-electron chi connectivity index (χ4n) is 2.19. The Kier molecular flexibility index (Phi) is 4.07. The first-order valence-electron chi connectivity index (χ1n) is 5.80. The van der Waals surface area contributed by atoms with Crippen LogP contribution < -0.4 is 4.72 Å². The van der Waals surface area contributed by atoms with Gasteiger partial charge < -0.3 is 0 Å². The lowest BCUT2D eigenvalue weighted by atomic mass is 10.2. The summed E-state index contributed by atoms with van der Waals surface area (Å²) in [5.41, 5.74) is 0.725. The smallest absolute Gasteiger partial charge is 0.212 e. The fourth-order valence-corrected chi connectivity index (χ4v) is 3.84. The van der Waals surface area contributed by atoms with Crippen molar-refractivity contribution in [3.05, 3.63) is 34.9 Å². The van der Waals surface area contributed by atoms with Crippen molar-refractivity contribution >= 4 is 21.6 Å². The summed E-state index contributed by atoms with van der Waals surface area (Å²) in [4.78, 5) is 0. The molecule has 1 aromatic carbocycles. The third-order valence-corrected chi connectivity index (χ3v) is 4.59. The molecular formula is C12H16ClNO2S. The molecule has 0 spiro atoms. The molecule has 0 bridgehead atoms. The minimum Gasteiger partial charge on any atom is -0.212 e. The predicted molar refractivity (Wildman–Crippen MR) is 69.5 cm³/mol. The van der Waals surface area contributed by atoms with Crippen LogP contribution in [0.3, 0.4) is 0 Å². The number of halogens is 1.